The molecular formula is C9H16O10. The second-order valence-corrected chi connectivity index (χ2v) is 4.25. The molecule has 1 aliphatic heterocycles. The molecule has 1 saturated heterocycles. The van der Waals surface area contributed by atoms with Gasteiger partial charge in [0.1, 0.15) is 36.6 Å². The summed E-state index contributed by atoms with van der Waals surface area (Å²) in [5.74, 6) is -5.32. The minimum absolute atomic E-state index is 0.933. The Balaban J connectivity index is 3.04. The molecule has 0 spiro atoms. The fourth-order valence-electron chi connectivity index (χ4n) is 1.74. The van der Waals surface area contributed by atoms with Crippen LogP contribution in [-0.4, -0.2) is 95.8 Å². The number of aliphatic hydroxyl groups excluding tert-OH is 6. The summed E-state index contributed by atoms with van der Waals surface area (Å²) in [5.41, 5.74) is 0. The number of hydrogen-bond acceptors (Lipinski definition) is 9. The van der Waals surface area contributed by atoms with Gasteiger partial charge in [-0.25, -0.2) is 4.79 Å². The highest BCUT2D eigenvalue weighted by atomic mass is 16.7. The van der Waals surface area contributed by atoms with Gasteiger partial charge in [0.05, 0.1) is 6.61 Å². The molecule has 0 aromatic heterocycles. The summed E-state index contributed by atoms with van der Waals surface area (Å²) in [6.07, 6.45) is -12.2. The maximum atomic E-state index is 10.8. The predicted octanol–water partition coefficient (Wildman–Crippen LogP) is -5.04. The van der Waals surface area contributed by atoms with Crippen LogP contribution in [0.4, 0.5) is 0 Å². The summed E-state index contributed by atoms with van der Waals surface area (Å²) in [5, 5.41) is 74.1. The van der Waals surface area contributed by atoms with Gasteiger partial charge in [-0.1, -0.05) is 0 Å². The first-order chi connectivity index (χ1) is 8.66. The third-order valence-electron chi connectivity index (χ3n) is 2.95. The molecule has 1 unspecified atom stereocenters. The van der Waals surface area contributed by atoms with E-state index in [-0.39, 0.29) is 0 Å². The van der Waals surface area contributed by atoms with Gasteiger partial charge in [0.15, 0.2) is 0 Å². The molecule has 19 heavy (non-hydrogen) atoms. The Kier molecular flexibility index (Phi) is 4.81. The predicted molar refractivity (Wildman–Crippen MR) is 54.6 cm³/mol. The van der Waals surface area contributed by atoms with Crippen LogP contribution in [0.2, 0.25) is 0 Å². The Bertz CT molecular complexity index is 331. The highest BCUT2D eigenvalue weighted by Gasteiger charge is 2.59. The van der Waals surface area contributed by atoms with Crippen molar-refractivity contribution in [1.29, 1.82) is 0 Å². The van der Waals surface area contributed by atoms with E-state index in [9.17, 15) is 35.4 Å². The number of hydrogen-bond donors (Lipinski definition) is 8. The summed E-state index contributed by atoms with van der Waals surface area (Å²) in [6.45, 7) is -0.933. The van der Waals surface area contributed by atoms with Crippen LogP contribution in [0.25, 0.3) is 0 Å². The lowest BCUT2D eigenvalue weighted by Crippen LogP contribution is -2.70. The van der Waals surface area contributed by atoms with Gasteiger partial charge in [0.2, 0.25) is 0 Å². The maximum absolute atomic E-state index is 10.8. The highest BCUT2D eigenvalue weighted by Crippen LogP contribution is 2.30. The molecule has 112 valence electrons. The van der Waals surface area contributed by atoms with Crippen LogP contribution in [0.5, 0.6) is 0 Å². The number of carboxylic acid groups (broad SMARTS) is 1. The van der Waals surface area contributed by atoms with Gasteiger partial charge in [-0.15, -0.1) is 0 Å². The SMILES string of the molecule is O=C(O)C1(O)O[C@@H]([C@@H](O)[C@H](O)CO)[C@H](O)[C@@H](O)[C@@H]1O. The molecule has 1 heterocycles. The zero-order valence-electron chi connectivity index (χ0n) is 9.57. The van der Waals surface area contributed by atoms with E-state index >= 15 is 0 Å². The smallest absolute Gasteiger partial charge is 0.367 e. The van der Waals surface area contributed by atoms with E-state index in [1.165, 1.54) is 0 Å². The first-order valence-corrected chi connectivity index (χ1v) is 5.31. The van der Waals surface area contributed by atoms with E-state index in [0.29, 0.717) is 0 Å². The lowest BCUT2D eigenvalue weighted by atomic mass is 9.89. The molecule has 0 saturated carbocycles. The number of rotatable bonds is 4. The molecule has 7 atom stereocenters. The fraction of sp³-hybridized carbons (Fsp3) is 0.889. The van der Waals surface area contributed by atoms with Gasteiger partial charge >= 0.3 is 5.97 Å². The zero-order chi connectivity index (χ0) is 15.0. The van der Waals surface area contributed by atoms with Crippen LogP contribution < -0.4 is 0 Å². The van der Waals surface area contributed by atoms with Gasteiger partial charge in [-0.3, -0.25) is 0 Å². The molecule has 8 N–H and O–H groups in total. The molecule has 0 aromatic carbocycles. The summed E-state index contributed by atoms with van der Waals surface area (Å²) in [6, 6.07) is 0. The largest absolute Gasteiger partial charge is 0.477 e. The van der Waals surface area contributed by atoms with E-state index in [1.807, 2.05) is 0 Å². The maximum Gasteiger partial charge on any atom is 0.367 e. The quantitative estimate of drug-likeness (QED) is 0.248. The molecule has 10 heteroatoms. The second-order valence-electron chi connectivity index (χ2n) is 4.25. The lowest BCUT2D eigenvalue weighted by molar-refractivity contribution is -0.349. The summed E-state index contributed by atoms with van der Waals surface area (Å²) in [7, 11) is 0. The van der Waals surface area contributed by atoms with Gasteiger partial charge < -0.3 is 45.6 Å². The molecule has 0 bridgehead atoms. The number of aliphatic carboxylic acids is 1. The zero-order valence-corrected chi connectivity index (χ0v) is 9.57. The number of carboxylic acids is 1. The van der Waals surface area contributed by atoms with Crippen molar-refractivity contribution in [3.8, 4) is 0 Å². The lowest BCUT2D eigenvalue weighted by Gasteiger charge is -2.45. The molecule has 0 aromatic rings. The van der Waals surface area contributed by atoms with Gasteiger partial charge in [-0.2, -0.15) is 0 Å². The van der Waals surface area contributed by atoms with Crippen molar-refractivity contribution < 1.29 is 50.4 Å². The molecule has 0 radical (unpaired) electrons. The van der Waals surface area contributed by atoms with E-state index in [0.717, 1.165) is 0 Å². The highest BCUT2D eigenvalue weighted by molar-refractivity contribution is 5.76. The first kappa shape index (κ1) is 16.2. The van der Waals surface area contributed by atoms with Crippen molar-refractivity contribution in [2.24, 2.45) is 0 Å². The molecule has 1 rings (SSSR count). The Labute approximate surface area is 106 Å². The second kappa shape index (κ2) is 5.64. The standard InChI is InChI=1S/C9H16O10/c10-1-2(11)3(12)6-4(13)5(14)7(15)9(18,19-6)8(16)17/h2-7,10-15,18H,1H2,(H,16,17)/t2-,3+,4-,5-,6+,7+,9?/m1/s1. The minimum atomic E-state index is -3.26. The Morgan fingerprint density at radius 3 is 2.16 bits per heavy atom. The van der Waals surface area contributed by atoms with Crippen molar-refractivity contribution >= 4 is 5.97 Å². The van der Waals surface area contributed by atoms with Crippen LogP contribution >= 0.6 is 0 Å². The molecular weight excluding hydrogens is 268 g/mol. The monoisotopic (exact) mass is 284 g/mol. The fourth-order valence-corrected chi connectivity index (χ4v) is 1.74. The third kappa shape index (κ3) is 2.70. The van der Waals surface area contributed by atoms with E-state index in [2.05, 4.69) is 4.74 Å². The van der Waals surface area contributed by atoms with Crippen LogP contribution in [0.1, 0.15) is 0 Å². The van der Waals surface area contributed by atoms with Crippen molar-refractivity contribution in [3.05, 3.63) is 0 Å². The van der Waals surface area contributed by atoms with Gasteiger partial charge in [0.25, 0.3) is 5.79 Å². The Morgan fingerprint density at radius 2 is 1.74 bits per heavy atom. The summed E-state index contributed by atoms with van der Waals surface area (Å²) >= 11 is 0. The Hall–Kier alpha value is -0.850. The van der Waals surface area contributed by atoms with Crippen LogP contribution in [0, 0.1) is 0 Å². The summed E-state index contributed by atoms with van der Waals surface area (Å²) in [4.78, 5) is 10.8. The van der Waals surface area contributed by atoms with E-state index in [4.69, 9.17) is 10.2 Å². The van der Waals surface area contributed by atoms with Gasteiger partial charge in [0, 0.05) is 0 Å². The summed E-state index contributed by atoms with van der Waals surface area (Å²) < 4.78 is 4.49. The van der Waals surface area contributed by atoms with E-state index < -0.39 is 55.0 Å². The van der Waals surface area contributed by atoms with Gasteiger partial charge in [-0.05, 0) is 0 Å². The number of aliphatic hydroxyl groups is 7. The number of carbonyl (C=O) groups is 1. The average molecular weight is 284 g/mol. The van der Waals surface area contributed by atoms with Crippen molar-refractivity contribution in [1.82, 2.24) is 0 Å². The number of ether oxygens (including phenoxy) is 1. The molecule has 1 aliphatic rings. The normalized spacial score (nSPS) is 42.7. The van der Waals surface area contributed by atoms with E-state index in [1.54, 1.807) is 0 Å². The topological polar surface area (TPSA) is 188 Å². The third-order valence-corrected chi connectivity index (χ3v) is 2.95. The first-order valence-electron chi connectivity index (χ1n) is 5.31. The average Bonchev–Trinajstić information content (AvgIpc) is 2.38. The molecule has 0 aliphatic carbocycles. The van der Waals surface area contributed by atoms with Crippen LogP contribution in [0.3, 0.4) is 0 Å². The molecule has 1 fully saturated rings. The van der Waals surface area contributed by atoms with Crippen molar-refractivity contribution in [2.45, 2.75) is 42.4 Å². The Morgan fingerprint density at radius 1 is 1.21 bits per heavy atom. The molecule has 0 amide bonds. The van der Waals surface area contributed by atoms with Crippen molar-refractivity contribution in [2.75, 3.05) is 6.61 Å². The van der Waals surface area contributed by atoms with Crippen molar-refractivity contribution in [3.63, 3.8) is 0 Å². The van der Waals surface area contributed by atoms with Crippen LogP contribution in [-0.2, 0) is 9.53 Å². The molecule has 10 nitrogen and oxygen atoms in total. The van der Waals surface area contributed by atoms with Crippen LogP contribution in [0.15, 0.2) is 0 Å². The minimum Gasteiger partial charge on any atom is -0.477 e.